The Bertz CT molecular complexity index is 1740. The van der Waals surface area contributed by atoms with Crippen LogP contribution in [0.15, 0.2) is 77.2 Å². The molecule has 11 heteroatoms. The summed E-state index contributed by atoms with van der Waals surface area (Å²) in [5.74, 6) is -0.607. The Hall–Kier alpha value is -4.41. The first-order chi connectivity index (χ1) is 22.1. The van der Waals surface area contributed by atoms with Crippen molar-refractivity contribution in [2.24, 2.45) is 0 Å². The van der Waals surface area contributed by atoms with Gasteiger partial charge in [-0.1, -0.05) is 24.8 Å². The number of nitrogens with one attached hydrogen (secondary N) is 1. The van der Waals surface area contributed by atoms with Crippen molar-refractivity contribution in [1.82, 2.24) is 9.89 Å². The number of hydrogen-bond acceptors (Lipinski definition) is 7. The van der Waals surface area contributed by atoms with Gasteiger partial charge < -0.3 is 41.6 Å². The van der Waals surface area contributed by atoms with Crippen LogP contribution in [0.5, 0.6) is 0 Å². The van der Waals surface area contributed by atoms with E-state index in [-0.39, 0.29) is 36.4 Å². The summed E-state index contributed by atoms with van der Waals surface area (Å²) in [5.41, 5.74) is 4.99. The molecule has 0 saturated heterocycles. The SMILES string of the molecule is C=C(C)C(=O)OCCOC(=S)NC.CCN(CC)c1ccc2c(-c3ccccc3C(=O)O)c3ccc(=[N+](CC)CC)cc-3oc2c1.[Cl-]. The molecule has 2 N–H and O–H groups in total. The topological polar surface area (TPSA) is 104 Å². The van der Waals surface area contributed by atoms with Gasteiger partial charge >= 0.3 is 11.9 Å². The van der Waals surface area contributed by atoms with Gasteiger partial charge in [0.1, 0.15) is 37.6 Å². The van der Waals surface area contributed by atoms with Crippen molar-refractivity contribution in [3.05, 3.63) is 83.7 Å². The fourth-order valence-electron chi connectivity index (χ4n) is 5.08. The van der Waals surface area contributed by atoms with Crippen molar-refractivity contribution < 1.29 is 41.0 Å². The van der Waals surface area contributed by atoms with Gasteiger partial charge in [-0.05, 0) is 76.7 Å². The number of esters is 1. The second-order valence-corrected chi connectivity index (χ2v) is 10.7. The summed E-state index contributed by atoms with van der Waals surface area (Å²) >= 11 is 4.69. The molecule has 0 amide bonds. The summed E-state index contributed by atoms with van der Waals surface area (Å²) in [7, 11) is 1.65. The highest BCUT2D eigenvalue weighted by atomic mass is 35.5. The number of halogens is 1. The molecule has 1 heterocycles. The van der Waals surface area contributed by atoms with Crippen molar-refractivity contribution in [3.63, 3.8) is 0 Å². The molecule has 47 heavy (non-hydrogen) atoms. The summed E-state index contributed by atoms with van der Waals surface area (Å²) < 4.78 is 18.4. The molecule has 0 saturated carbocycles. The van der Waals surface area contributed by atoms with Crippen LogP contribution in [-0.4, -0.2) is 68.7 Å². The molecular weight excluding hydrogens is 638 g/mol. The predicted molar refractivity (Wildman–Crippen MR) is 189 cm³/mol. The maximum absolute atomic E-state index is 12.1. The van der Waals surface area contributed by atoms with Crippen molar-refractivity contribution in [3.8, 4) is 22.5 Å². The number of fused-ring (bicyclic) bond motifs is 2. The van der Waals surface area contributed by atoms with E-state index in [9.17, 15) is 14.7 Å². The first-order valence-corrected chi connectivity index (χ1v) is 15.8. The Morgan fingerprint density at radius 2 is 1.62 bits per heavy atom. The van der Waals surface area contributed by atoms with Crippen LogP contribution in [0.2, 0.25) is 0 Å². The van der Waals surface area contributed by atoms with E-state index < -0.39 is 11.9 Å². The summed E-state index contributed by atoms with van der Waals surface area (Å²) in [6.45, 7) is 17.6. The van der Waals surface area contributed by atoms with Crippen molar-refractivity contribution in [2.75, 3.05) is 51.3 Å². The van der Waals surface area contributed by atoms with E-state index in [4.69, 9.17) is 26.1 Å². The second kappa shape index (κ2) is 18.7. The van der Waals surface area contributed by atoms with Gasteiger partial charge in [0.05, 0.1) is 11.6 Å². The van der Waals surface area contributed by atoms with Gasteiger partial charge in [-0.2, -0.15) is 0 Å². The fourth-order valence-corrected chi connectivity index (χ4v) is 5.16. The van der Waals surface area contributed by atoms with E-state index in [2.05, 4.69) is 85.5 Å². The molecule has 2 aliphatic rings. The van der Waals surface area contributed by atoms with Crippen LogP contribution >= 0.6 is 12.2 Å². The number of anilines is 1. The molecule has 0 fully saturated rings. The minimum Gasteiger partial charge on any atom is -1.00 e. The molecule has 0 radical (unpaired) electrons. The van der Waals surface area contributed by atoms with E-state index >= 15 is 0 Å². The number of thiocarbonyl (C=S) groups is 1. The zero-order valence-corrected chi connectivity index (χ0v) is 29.5. The van der Waals surface area contributed by atoms with Crippen molar-refractivity contribution in [2.45, 2.75) is 34.6 Å². The van der Waals surface area contributed by atoms with Gasteiger partial charge in [-0.25, -0.2) is 14.2 Å². The highest BCUT2D eigenvalue weighted by Crippen LogP contribution is 2.42. The summed E-state index contributed by atoms with van der Waals surface area (Å²) in [6.07, 6.45) is 0. The van der Waals surface area contributed by atoms with E-state index in [1.165, 1.54) is 0 Å². The predicted octanol–water partition coefficient (Wildman–Crippen LogP) is 3.19. The third-order valence-electron chi connectivity index (χ3n) is 7.48. The van der Waals surface area contributed by atoms with E-state index in [1.807, 2.05) is 12.1 Å². The zero-order valence-electron chi connectivity index (χ0n) is 27.9. The molecule has 0 aromatic heterocycles. The lowest BCUT2D eigenvalue weighted by Crippen LogP contribution is -3.00. The number of nitrogens with zero attached hydrogens (tertiary/aromatic N) is 2. The minimum atomic E-state index is -0.938. The van der Waals surface area contributed by atoms with Crippen LogP contribution in [0.3, 0.4) is 0 Å². The lowest BCUT2D eigenvalue weighted by molar-refractivity contribution is -0.139. The standard InChI is InChI=1S/C28H30N2O3.C8H13NO3S.ClH/c1-5-29(6-2)19-13-15-23-25(17-19)33-26-18-20(30(7-3)8-4)14-16-24(26)27(23)21-11-9-10-12-22(21)28(31)32;1-6(2)7(10)11-4-5-12-8(13)9-3;/h9-18H,5-8H2,1-4H3;1,4-5H2,2-3H3,(H,9,13);1H. The summed E-state index contributed by atoms with van der Waals surface area (Å²) in [5, 5.41) is 14.8. The average molecular weight is 682 g/mol. The molecule has 0 bridgehead atoms. The number of carbonyl (C=O) groups is 2. The van der Waals surface area contributed by atoms with Crippen LogP contribution in [0.4, 0.5) is 5.69 Å². The maximum atomic E-state index is 12.1. The Morgan fingerprint density at radius 1 is 0.957 bits per heavy atom. The number of carboxylic acids is 1. The zero-order chi connectivity index (χ0) is 33.8. The number of carbonyl (C=O) groups excluding carboxylic acids is 1. The maximum Gasteiger partial charge on any atom is 0.336 e. The minimum absolute atomic E-state index is 0. The summed E-state index contributed by atoms with van der Waals surface area (Å²) in [6, 6.07) is 19.6. The van der Waals surface area contributed by atoms with Crippen molar-refractivity contribution >= 4 is 46.0 Å². The molecule has 1 aliphatic carbocycles. The highest BCUT2D eigenvalue weighted by Gasteiger charge is 2.22. The van der Waals surface area contributed by atoms with Crippen LogP contribution < -0.4 is 32.6 Å². The number of carboxylic acid groups (broad SMARTS) is 1. The lowest BCUT2D eigenvalue weighted by Gasteiger charge is -2.22. The molecule has 1 aliphatic heterocycles. The smallest absolute Gasteiger partial charge is 0.336 e. The molecule has 0 spiro atoms. The molecule has 4 rings (SSSR count). The van der Waals surface area contributed by atoms with Gasteiger partial charge in [-0.3, -0.25) is 0 Å². The molecule has 9 nitrogen and oxygen atoms in total. The average Bonchev–Trinajstić information content (AvgIpc) is 3.06. The molecule has 252 valence electrons. The van der Waals surface area contributed by atoms with Gasteiger partial charge in [0.15, 0.2) is 0 Å². The number of ether oxygens (including phenoxy) is 2. The van der Waals surface area contributed by atoms with Gasteiger partial charge in [0, 0.05) is 60.0 Å². The Balaban J connectivity index is 0.000000468. The third kappa shape index (κ3) is 9.79. The third-order valence-corrected chi connectivity index (χ3v) is 7.80. The first kappa shape index (κ1) is 38.8. The fraction of sp³-hybridized carbons (Fsp3) is 0.333. The molecular formula is C36H44ClN3O6S. The van der Waals surface area contributed by atoms with Crippen LogP contribution in [0.1, 0.15) is 45.0 Å². The number of benzene rings is 3. The largest absolute Gasteiger partial charge is 1.00 e. The molecule has 2 aromatic rings. The van der Waals surface area contributed by atoms with Gasteiger partial charge in [0.25, 0.3) is 5.17 Å². The van der Waals surface area contributed by atoms with Crippen LogP contribution in [0.25, 0.3) is 33.4 Å². The van der Waals surface area contributed by atoms with E-state index in [0.29, 0.717) is 11.1 Å². The Labute approximate surface area is 288 Å². The quantitative estimate of drug-likeness (QED) is 0.0617. The number of hydrogen-bond donors (Lipinski definition) is 2. The molecule has 0 atom stereocenters. The molecule has 2 aromatic carbocycles. The Morgan fingerprint density at radius 3 is 2.21 bits per heavy atom. The monoisotopic (exact) mass is 681 g/mol. The lowest BCUT2D eigenvalue weighted by atomic mass is 9.90. The Kier molecular flexibility index (Phi) is 15.4. The second-order valence-electron chi connectivity index (χ2n) is 10.3. The summed E-state index contributed by atoms with van der Waals surface area (Å²) in [4.78, 5) is 25.2. The van der Waals surface area contributed by atoms with E-state index in [1.54, 1.807) is 26.1 Å². The highest BCUT2D eigenvalue weighted by molar-refractivity contribution is 7.80. The van der Waals surface area contributed by atoms with Crippen molar-refractivity contribution in [1.29, 1.82) is 0 Å². The van der Waals surface area contributed by atoms with Gasteiger partial charge in [-0.15, -0.1) is 0 Å². The number of aromatic carboxylic acids is 1. The van der Waals surface area contributed by atoms with Crippen LogP contribution in [0, 0.1) is 0 Å². The van der Waals surface area contributed by atoms with Crippen LogP contribution in [-0.2, 0) is 14.3 Å². The first-order valence-electron chi connectivity index (χ1n) is 15.4. The normalized spacial score (nSPS) is 10.3. The van der Waals surface area contributed by atoms with Gasteiger partial charge in [0.2, 0.25) is 5.36 Å². The van der Waals surface area contributed by atoms with E-state index in [0.717, 1.165) is 65.1 Å². The number of rotatable bonds is 11. The molecule has 0 unspecified atom stereocenters.